The molecular weight excluding hydrogens is 294 g/mol. The fraction of sp³-hybridized carbons (Fsp3) is 0.462. The van der Waals surface area contributed by atoms with Crippen molar-refractivity contribution in [3.8, 4) is 5.75 Å². The Morgan fingerprint density at radius 2 is 2.17 bits per heavy atom. The Morgan fingerprint density at radius 3 is 2.94 bits per heavy atom. The van der Waals surface area contributed by atoms with Gasteiger partial charge in [0.25, 0.3) is 0 Å². The second-order valence-electron chi connectivity index (χ2n) is 4.33. The second-order valence-corrected chi connectivity index (χ2v) is 5.25. The number of nitrogens with one attached hydrogen (secondary N) is 1. The first-order chi connectivity index (χ1) is 8.75. The second kappa shape index (κ2) is 6.87. The van der Waals surface area contributed by atoms with Gasteiger partial charge in [0.1, 0.15) is 5.75 Å². The minimum atomic E-state index is 0.268. The summed E-state index contributed by atoms with van der Waals surface area (Å²) in [6.07, 6.45) is 1.74. The number of nitrogens with zero attached hydrogens (tertiary/aromatic N) is 2. The van der Waals surface area contributed by atoms with Crippen LogP contribution in [0.2, 0.25) is 0 Å². The molecule has 2 rings (SSSR count). The van der Waals surface area contributed by atoms with Crippen molar-refractivity contribution < 1.29 is 5.11 Å². The van der Waals surface area contributed by atoms with E-state index in [1.807, 2.05) is 12.1 Å². The predicted octanol–water partition coefficient (Wildman–Crippen LogP) is 1.48. The summed E-state index contributed by atoms with van der Waals surface area (Å²) < 4.78 is 0.948. The van der Waals surface area contributed by atoms with Crippen molar-refractivity contribution >= 4 is 22.1 Å². The van der Waals surface area contributed by atoms with E-state index in [4.69, 9.17) is 0 Å². The van der Waals surface area contributed by atoms with Gasteiger partial charge in [0.2, 0.25) is 0 Å². The lowest BCUT2D eigenvalue weighted by molar-refractivity contribution is 0.248. The summed E-state index contributed by atoms with van der Waals surface area (Å²) in [6.45, 7) is 6.07. The van der Waals surface area contributed by atoms with E-state index >= 15 is 0 Å². The van der Waals surface area contributed by atoms with Crippen molar-refractivity contribution in [2.24, 2.45) is 4.99 Å². The molecule has 18 heavy (non-hydrogen) atoms. The van der Waals surface area contributed by atoms with Crippen molar-refractivity contribution in [1.29, 1.82) is 0 Å². The molecule has 2 N–H and O–H groups in total. The van der Waals surface area contributed by atoms with Gasteiger partial charge in [0, 0.05) is 49.0 Å². The smallest absolute Gasteiger partial charge is 0.124 e. The van der Waals surface area contributed by atoms with Gasteiger partial charge in [-0.2, -0.15) is 0 Å². The third-order valence-corrected chi connectivity index (χ3v) is 3.47. The van der Waals surface area contributed by atoms with Crippen LogP contribution in [0.3, 0.4) is 0 Å². The van der Waals surface area contributed by atoms with Gasteiger partial charge in [-0.1, -0.05) is 15.9 Å². The van der Waals surface area contributed by atoms with Crippen molar-refractivity contribution in [3.05, 3.63) is 28.2 Å². The first-order valence-electron chi connectivity index (χ1n) is 6.17. The molecule has 0 unspecified atom stereocenters. The van der Waals surface area contributed by atoms with Gasteiger partial charge in [0.05, 0.1) is 6.54 Å². The van der Waals surface area contributed by atoms with Crippen molar-refractivity contribution in [2.75, 3.05) is 39.3 Å². The van der Waals surface area contributed by atoms with Crippen molar-refractivity contribution in [3.63, 3.8) is 0 Å². The summed E-state index contributed by atoms with van der Waals surface area (Å²) in [5.41, 5.74) is 0.754. The van der Waals surface area contributed by atoms with E-state index in [1.54, 1.807) is 12.3 Å². The van der Waals surface area contributed by atoms with Crippen LogP contribution in [0.4, 0.5) is 0 Å². The maximum Gasteiger partial charge on any atom is 0.124 e. The Balaban J connectivity index is 1.81. The van der Waals surface area contributed by atoms with Gasteiger partial charge in [-0.25, -0.2) is 0 Å². The summed E-state index contributed by atoms with van der Waals surface area (Å²) >= 11 is 3.38. The number of phenolic OH excluding ortho intramolecular Hbond substituents is 1. The minimum absolute atomic E-state index is 0.268. The Kier molecular flexibility index (Phi) is 5.16. The molecule has 1 saturated heterocycles. The summed E-state index contributed by atoms with van der Waals surface area (Å²) in [4.78, 5) is 6.77. The van der Waals surface area contributed by atoms with E-state index in [0.717, 1.165) is 49.3 Å². The molecule has 1 fully saturated rings. The highest BCUT2D eigenvalue weighted by Crippen LogP contribution is 2.19. The van der Waals surface area contributed by atoms with Gasteiger partial charge in [-0.15, -0.1) is 0 Å². The van der Waals surface area contributed by atoms with E-state index in [9.17, 15) is 5.11 Å². The lowest BCUT2D eigenvalue weighted by atomic mass is 10.2. The zero-order valence-electron chi connectivity index (χ0n) is 10.3. The van der Waals surface area contributed by atoms with Crippen molar-refractivity contribution in [2.45, 2.75) is 0 Å². The van der Waals surface area contributed by atoms with Gasteiger partial charge in [-0.3, -0.25) is 9.89 Å². The molecule has 1 aromatic rings. The average Bonchev–Trinajstić information content (AvgIpc) is 2.40. The highest BCUT2D eigenvalue weighted by atomic mass is 79.9. The van der Waals surface area contributed by atoms with Crippen LogP contribution < -0.4 is 5.32 Å². The molecule has 1 aliphatic heterocycles. The summed E-state index contributed by atoms with van der Waals surface area (Å²) in [5.74, 6) is 0.268. The molecule has 0 atom stereocenters. The number of rotatable bonds is 4. The van der Waals surface area contributed by atoms with Crippen LogP contribution in [0.15, 0.2) is 27.7 Å². The number of piperazine rings is 1. The van der Waals surface area contributed by atoms with E-state index in [2.05, 4.69) is 31.1 Å². The van der Waals surface area contributed by atoms with E-state index in [0.29, 0.717) is 0 Å². The third-order valence-electron chi connectivity index (χ3n) is 2.97. The molecule has 4 nitrogen and oxygen atoms in total. The molecule has 5 heteroatoms. The molecule has 0 spiro atoms. The standard InChI is InChI=1S/C13H18BrN3O/c14-12-1-2-13(18)11(9-12)10-16-5-8-17-6-3-15-4-7-17/h1-2,9-10,15,18H,3-8H2. The van der Waals surface area contributed by atoms with Crippen LogP contribution in [-0.4, -0.2) is 55.5 Å². The lowest BCUT2D eigenvalue weighted by Gasteiger charge is -2.26. The molecule has 0 radical (unpaired) electrons. The SMILES string of the molecule is Oc1ccc(Br)cc1C=NCCN1CCNCC1. The van der Waals surface area contributed by atoms with E-state index in [-0.39, 0.29) is 5.75 Å². The maximum atomic E-state index is 9.65. The molecule has 0 saturated carbocycles. The quantitative estimate of drug-likeness (QED) is 0.828. The predicted molar refractivity (Wildman–Crippen MR) is 77.6 cm³/mol. The van der Waals surface area contributed by atoms with Crippen LogP contribution in [0.1, 0.15) is 5.56 Å². The zero-order chi connectivity index (χ0) is 12.8. The normalized spacial score (nSPS) is 17.4. The maximum absolute atomic E-state index is 9.65. The van der Waals surface area contributed by atoms with E-state index < -0.39 is 0 Å². The lowest BCUT2D eigenvalue weighted by Crippen LogP contribution is -2.44. The van der Waals surface area contributed by atoms with Gasteiger partial charge in [-0.05, 0) is 18.2 Å². The van der Waals surface area contributed by atoms with Crippen LogP contribution in [-0.2, 0) is 0 Å². The Bertz CT molecular complexity index is 417. The highest BCUT2D eigenvalue weighted by Gasteiger charge is 2.07. The Labute approximate surface area is 116 Å². The fourth-order valence-electron chi connectivity index (χ4n) is 1.93. The first kappa shape index (κ1) is 13.5. The number of aromatic hydroxyl groups is 1. The molecule has 1 heterocycles. The molecule has 0 amide bonds. The highest BCUT2D eigenvalue weighted by molar-refractivity contribution is 9.10. The molecule has 98 valence electrons. The largest absolute Gasteiger partial charge is 0.507 e. The number of aliphatic imine (C=N–C) groups is 1. The third kappa shape index (κ3) is 4.08. The van der Waals surface area contributed by atoms with Gasteiger partial charge < -0.3 is 10.4 Å². The number of hydrogen-bond donors (Lipinski definition) is 2. The fourth-order valence-corrected chi connectivity index (χ4v) is 2.30. The topological polar surface area (TPSA) is 47.9 Å². The molecule has 1 aromatic carbocycles. The van der Waals surface area contributed by atoms with E-state index in [1.165, 1.54) is 0 Å². The van der Waals surface area contributed by atoms with Crippen molar-refractivity contribution in [1.82, 2.24) is 10.2 Å². The molecule has 0 bridgehead atoms. The monoisotopic (exact) mass is 311 g/mol. The summed E-state index contributed by atoms with van der Waals surface area (Å²) in [7, 11) is 0. The number of halogens is 1. The van der Waals surface area contributed by atoms with Crippen LogP contribution in [0.5, 0.6) is 5.75 Å². The number of hydrogen-bond acceptors (Lipinski definition) is 4. The molecule has 0 aromatic heterocycles. The molecule has 0 aliphatic carbocycles. The Hall–Kier alpha value is -0.910. The first-order valence-corrected chi connectivity index (χ1v) is 6.96. The van der Waals surface area contributed by atoms with Crippen LogP contribution in [0.25, 0.3) is 0 Å². The average molecular weight is 312 g/mol. The van der Waals surface area contributed by atoms with Crippen LogP contribution >= 0.6 is 15.9 Å². The number of benzene rings is 1. The van der Waals surface area contributed by atoms with Crippen LogP contribution in [0, 0.1) is 0 Å². The Morgan fingerprint density at radius 1 is 1.39 bits per heavy atom. The molecular formula is C13H18BrN3O. The van der Waals surface area contributed by atoms with Gasteiger partial charge in [0.15, 0.2) is 0 Å². The van der Waals surface area contributed by atoms with Gasteiger partial charge >= 0.3 is 0 Å². The summed E-state index contributed by atoms with van der Waals surface area (Å²) in [6, 6.07) is 5.35. The number of phenols is 1. The minimum Gasteiger partial charge on any atom is -0.507 e. The summed E-state index contributed by atoms with van der Waals surface area (Å²) in [5, 5.41) is 13.0. The zero-order valence-corrected chi connectivity index (χ0v) is 11.9. The molecule has 1 aliphatic rings.